The van der Waals surface area contributed by atoms with Crippen LogP contribution in [0.25, 0.3) is 0 Å². The quantitative estimate of drug-likeness (QED) is 0.0165. The van der Waals surface area contributed by atoms with E-state index in [0.29, 0.717) is 64.0 Å². The fourth-order valence-electron chi connectivity index (χ4n) is 7.32. The van der Waals surface area contributed by atoms with E-state index >= 15 is 0 Å². The number of aliphatic carboxylic acids is 2. The zero-order valence-corrected chi connectivity index (χ0v) is 45.7. The summed E-state index contributed by atoms with van der Waals surface area (Å²) in [5.74, 6) is -3.50. The molecule has 2 amide bonds. The van der Waals surface area contributed by atoms with Crippen LogP contribution < -0.4 is 10.6 Å². The summed E-state index contributed by atoms with van der Waals surface area (Å²) < 4.78 is 21.8. The second kappa shape index (κ2) is 42.1. The standard InChI is InChI=1S/C48H82N2O13S6/c1-38(51)21-16-14-12-10-8-6-4-2-3-5-7-9-11-13-15-17-22-40(52)35-39(45(56)57)25-26-43(54)50-28-30-61-32-33-62-36-41(53)23-20-29-60-31-34-63-37-44(55)49-27-19-18-24-42(46(58)59)47-64-66-48(67-65-47)68-69-48/h39,42,47,51H,1-37H2,(H,49,55)(H,50,54)(H,56,57)(H,58,59)/t39-,42+/m1/s1. The fourth-order valence-corrected chi connectivity index (χ4v) is 21.1. The first-order valence-electron chi connectivity index (χ1n) is 25.2. The van der Waals surface area contributed by atoms with E-state index < -0.39 is 23.8 Å². The molecule has 0 aromatic carbocycles. The Morgan fingerprint density at radius 3 is 1.54 bits per heavy atom. The average molecular weight is 1090 g/mol. The van der Waals surface area contributed by atoms with Crippen molar-refractivity contribution in [2.24, 2.45) is 11.8 Å². The van der Waals surface area contributed by atoms with Crippen LogP contribution in [0.2, 0.25) is 0 Å². The van der Waals surface area contributed by atoms with E-state index in [1.807, 2.05) is 21.6 Å². The Labute approximate surface area is 435 Å². The van der Waals surface area contributed by atoms with Crippen molar-refractivity contribution in [1.29, 1.82) is 0 Å². The highest BCUT2D eigenvalue weighted by molar-refractivity contribution is 9.14. The minimum Gasteiger partial charge on any atom is -0.513 e. The first-order valence-corrected chi connectivity index (χ1v) is 31.7. The maximum Gasteiger partial charge on any atom is 0.308 e. The third kappa shape index (κ3) is 36.3. The second-order valence-corrected chi connectivity index (χ2v) is 27.1. The van der Waals surface area contributed by atoms with Crippen molar-refractivity contribution in [1.82, 2.24) is 10.6 Å². The van der Waals surface area contributed by atoms with E-state index in [0.717, 1.165) is 38.5 Å². The molecule has 2 heterocycles. The maximum atomic E-state index is 12.5. The predicted molar refractivity (Wildman–Crippen MR) is 285 cm³/mol. The van der Waals surface area contributed by atoms with Crippen molar-refractivity contribution < 1.29 is 63.0 Å². The summed E-state index contributed by atoms with van der Waals surface area (Å²) >= 11 is 0. The number of rotatable bonds is 49. The number of ketones is 2. The maximum absolute atomic E-state index is 12.5. The molecule has 0 saturated carbocycles. The molecule has 0 unspecified atom stereocenters. The third-order valence-corrected chi connectivity index (χ3v) is 25.3. The molecule has 1 spiro atoms. The van der Waals surface area contributed by atoms with E-state index in [1.54, 1.807) is 43.2 Å². The van der Waals surface area contributed by atoms with Gasteiger partial charge in [0.1, 0.15) is 19.0 Å². The van der Waals surface area contributed by atoms with Crippen molar-refractivity contribution in [3.05, 3.63) is 12.3 Å². The lowest BCUT2D eigenvalue weighted by atomic mass is 9.94. The molecule has 2 saturated heterocycles. The minimum atomic E-state index is -1.06. The van der Waals surface area contributed by atoms with Crippen molar-refractivity contribution in [3.63, 3.8) is 0 Å². The zero-order chi connectivity index (χ0) is 50.2. The van der Waals surface area contributed by atoms with Gasteiger partial charge in [-0.05, 0) is 60.1 Å². The van der Waals surface area contributed by atoms with Gasteiger partial charge in [0, 0.05) is 51.8 Å². The number of carboxylic acid groups (broad SMARTS) is 2. The van der Waals surface area contributed by atoms with E-state index in [-0.39, 0.29) is 96.2 Å². The number of unbranched alkanes of at least 4 members (excludes halogenated alkanes) is 16. The summed E-state index contributed by atoms with van der Waals surface area (Å²) in [7, 11) is 10.5. The highest BCUT2D eigenvalue weighted by Crippen LogP contribution is 2.84. The minimum absolute atomic E-state index is 0.0103. The fraction of sp³-hybridized carbons (Fsp3) is 0.833. The van der Waals surface area contributed by atoms with Gasteiger partial charge >= 0.3 is 11.9 Å². The molecule has 5 N–H and O–H groups in total. The number of nitrogens with one attached hydrogen (secondary N) is 2. The van der Waals surface area contributed by atoms with Crippen LogP contribution in [0.4, 0.5) is 0 Å². The van der Waals surface area contributed by atoms with Gasteiger partial charge in [-0.3, -0.25) is 28.8 Å². The molecule has 0 aromatic rings. The zero-order valence-electron chi connectivity index (χ0n) is 40.8. The lowest BCUT2D eigenvalue weighted by molar-refractivity contribution is -0.144. The van der Waals surface area contributed by atoms with Crippen LogP contribution in [0, 0.1) is 11.8 Å². The van der Waals surface area contributed by atoms with Crippen molar-refractivity contribution in [2.45, 2.75) is 174 Å². The molecule has 2 rings (SSSR count). The van der Waals surface area contributed by atoms with Gasteiger partial charge in [0.15, 0.2) is 8.53 Å². The molecule has 0 aliphatic carbocycles. The number of carbonyl (C=O) groups excluding carboxylic acids is 4. The summed E-state index contributed by atoms with van der Waals surface area (Å²) in [5.41, 5.74) is 0. The Bertz CT molecular complexity index is 1450. The molecule has 0 bridgehead atoms. The summed E-state index contributed by atoms with van der Waals surface area (Å²) in [4.78, 5) is 72.5. The van der Waals surface area contributed by atoms with Crippen LogP contribution in [0.5, 0.6) is 0 Å². The average Bonchev–Trinajstić information content (AvgIpc) is 4.08. The smallest absolute Gasteiger partial charge is 0.308 e. The monoisotopic (exact) mass is 1090 g/mol. The molecule has 0 radical (unpaired) electrons. The number of allylic oxidation sites excluding steroid dienone is 1. The molecule has 0 aromatic heterocycles. The Morgan fingerprint density at radius 1 is 0.478 bits per heavy atom. The largest absolute Gasteiger partial charge is 0.513 e. The molecule has 15 nitrogen and oxygen atoms in total. The number of aliphatic hydroxyl groups excluding tert-OH is 1. The van der Waals surface area contributed by atoms with Crippen LogP contribution in [-0.4, -0.2) is 124 Å². The molecule has 2 fully saturated rings. The Hall–Kier alpha value is -1.30. The molecule has 69 heavy (non-hydrogen) atoms. The Kier molecular flexibility index (Phi) is 38.9. The Balaban J connectivity index is 1.30. The van der Waals surface area contributed by atoms with Crippen LogP contribution in [-0.2, 0) is 47.7 Å². The van der Waals surface area contributed by atoms with Gasteiger partial charge in [0.05, 0.1) is 55.2 Å². The number of carbonyl (C=O) groups is 6. The Morgan fingerprint density at radius 2 is 0.986 bits per heavy atom. The van der Waals surface area contributed by atoms with Gasteiger partial charge in [-0.25, -0.2) is 0 Å². The summed E-state index contributed by atoms with van der Waals surface area (Å²) in [6.07, 6.45) is 23.0. The predicted octanol–water partition coefficient (Wildman–Crippen LogP) is 11.1. The van der Waals surface area contributed by atoms with Crippen LogP contribution in [0.3, 0.4) is 0 Å². The number of aliphatic hydroxyl groups is 1. The molecular weight excluding hydrogens is 1000 g/mol. The first-order chi connectivity index (χ1) is 33.4. The molecule has 398 valence electrons. The van der Waals surface area contributed by atoms with Crippen LogP contribution >= 0.6 is 64.8 Å². The van der Waals surface area contributed by atoms with Gasteiger partial charge in [0.25, 0.3) is 0 Å². The molecule has 21 heteroatoms. The highest BCUT2D eigenvalue weighted by atomic mass is 33.2. The lowest BCUT2D eigenvalue weighted by Crippen LogP contribution is -2.29. The van der Waals surface area contributed by atoms with E-state index in [4.69, 9.17) is 24.1 Å². The molecule has 2 aliphatic rings. The number of amides is 2. The second-order valence-electron chi connectivity index (χ2n) is 17.5. The van der Waals surface area contributed by atoms with Crippen LogP contribution in [0.15, 0.2) is 12.3 Å². The normalized spacial score (nSPS) is 15.1. The van der Waals surface area contributed by atoms with Crippen molar-refractivity contribution in [2.75, 3.05) is 65.9 Å². The number of hydrogen-bond acceptors (Lipinski definition) is 17. The third-order valence-electron chi connectivity index (χ3n) is 11.4. The number of Topliss-reactive ketones (excluding diaryl/α,β-unsaturated/α-hetero) is 2. The summed E-state index contributed by atoms with van der Waals surface area (Å²) in [6.45, 7) is 5.68. The molecular formula is C48H82N2O13S6. The van der Waals surface area contributed by atoms with Crippen LogP contribution in [0.1, 0.15) is 167 Å². The SMILES string of the molecule is C=C(O)CCCCCCCCCCCCCCCCCCC(=O)C[C@@H](CCC(=O)NCCOCCOCC(=O)CCCOCCOCC(=O)NCCCC[C@@H](C(=O)O)C1SSC2(SS1)SS2)C(=O)O. The van der Waals surface area contributed by atoms with Gasteiger partial charge in [-0.1, -0.05) is 146 Å². The van der Waals surface area contributed by atoms with Gasteiger partial charge in [-0.15, -0.1) is 0 Å². The molecule has 2 atom stereocenters. The van der Waals surface area contributed by atoms with E-state index in [1.165, 1.54) is 70.6 Å². The summed E-state index contributed by atoms with van der Waals surface area (Å²) in [6, 6.07) is 0. The lowest BCUT2D eigenvalue weighted by Gasteiger charge is -2.27. The summed E-state index contributed by atoms with van der Waals surface area (Å²) in [5, 5.41) is 33.9. The van der Waals surface area contributed by atoms with Gasteiger partial charge in [0.2, 0.25) is 11.8 Å². The first kappa shape index (κ1) is 63.8. The van der Waals surface area contributed by atoms with Gasteiger partial charge in [-0.2, -0.15) is 0 Å². The number of ether oxygens (including phenoxy) is 4. The number of carboxylic acids is 2. The van der Waals surface area contributed by atoms with Gasteiger partial charge < -0.3 is 44.9 Å². The van der Waals surface area contributed by atoms with Crippen molar-refractivity contribution >= 4 is 100 Å². The van der Waals surface area contributed by atoms with Crippen molar-refractivity contribution in [3.8, 4) is 0 Å². The van der Waals surface area contributed by atoms with E-state index in [2.05, 4.69) is 17.2 Å². The van der Waals surface area contributed by atoms with E-state index in [9.17, 15) is 39.0 Å². The topological polar surface area (TPSA) is 224 Å². The molecule has 2 aliphatic heterocycles. The number of hydrogen-bond donors (Lipinski definition) is 5. The highest BCUT2D eigenvalue weighted by Gasteiger charge is 2.53.